The Labute approximate surface area is 104 Å². The molecule has 0 radical (unpaired) electrons. The Balaban J connectivity index is 2.80. The van der Waals surface area contributed by atoms with E-state index in [2.05, 4.69) is 15.7 Å². The van der Waals surface area contributed by atoms with E-state index in [0.29, 0.717) is 18.8 Å². The van der Waals surface area contributed by atoms with Gasteiger partial charge in [-0.05, 0) is 18.4 Å². The van der Waals surface area contributed by atoms with Crippen LogP contribution in [0.1, 0.15) is 13.3 Å². The molecule has 0 aliphatic rings. The number of nitrogens with one attached hydrogen (secondary N) is 2. The third kappa shape index (κ3) is 3.82. The third-order valence-electron chi connectivity index (χ3n) is 2.46. The highest BCUT2D eigenvalue weighted by atomic mass is 16.6. The fourth-order valence-electron chi connectivity index (χ4n) is 1.40. The molecule has 18 heavy (non-hydrogen) atoms. The second-order valence-electron chi connectivity index (χ2n) is 3.96. The molecule has 8 nitrogen and oxygen atoms in total. The van der Waals surface area contributed by atoms with Crippen molar-refractivity contribution in [2.45, 2.75) is 13.3 Å². The van der Waals surface area contributed by atoms with Crippen molar-refractivity contribution in [2.75, 3.05) is 23.9 Å². The highest BCUT2D eigenvalue weighted by Gasteiger charge is 2.16. The van der Waals surface area contributed by atoms with E-state index in [4.69, 9.17) is 10.9 Å². The summed E-state index contributed by atoms with van der Waals surface area (Å²) in [5, 5.41) is 22.5. The number of rotatable bonds is 7. The average Bonchev–Trinajstić information content (AvgIpc) is 2.36. The van der Waals surface area contributed by atoms with Crippen molar-refractivity contribution in [2.24, 2.45) is 11.8 Å². The predicted molar refractivity (Wildman–Crippen MR) is 68.1 cm³/mol. The number of hydrogen-bond donors (Lipinski definition) is 4. The smallest absolute Gasteiger partial charge is 0.311 e. The van der Waals surface area contributed by atoms with Gasteiger partial charge in [0.1, 0.15) is 5.82 Å². The molecule has 1 atom stereocenters. The zero-order valence-corrected chi connectivity index (χ0v) is 10.1. The summed E-state index contributed by atoms with van der Waals surface area (Å²) in [5.74, 6) is 5.90. The van der Waals surface area contributed by atoms with E-state index in [1.54, 1.807) is 0 Å². The summed E-state index contributed by atoms with van der Waals surface area (Å²) in [6.07, 6.45) is 0.621. The van der Waals surface area contributed by atoms with Crippen LogP contribution in [0.15, 0.2) is 12.1 Å². The largest absolute Gasteiger partial charge is 0.396 e. The number of nitrogen functional groups attached to an aromatic ring is 1. The number of nitrogens with zero attached hydrogens (tertiary/aromatic N) is 2. The van der Waals surface area contributed by atoms with Gasteiger partial charge in [0.25, 0.3) is 0 Å². The van der Waals surface area contributed by atoms with Gasteiger partial charge in [0.05, 0.1) is 4.92 Å². The summed E-state index contributed by atoms with van der Waals surface area (Å²) in [6.45, 7) is 2.51. The zero-order chi connectivity index (χ0) is 13.5. The third-order valence-corrected chi connectivity index (χ3v) is 2.46. The normalized spacial score (nSPS) is 11.9. The van der Waals surface area contributed by atoms with E-state index in [1.807, 2.05) is 6.92 Å². The van der Waals surface area contributed by atoms with Crippen LogP contribution in [0.2, 0.25) is 0 Å². The minimum atomic E-state index is -0.508. The minimum Gasteiger partial charge on any atom is -0.396 e. The lowest BCUT2D eigenvalue weighted by Crippen LogP contribution is -2.16. The highest BCUT2D eigenvalue weighted by Crippen LogP contribution is 2.23. The molecule has 0 spiro atoms. The molecule has 100 valence electrons. The van der Waals surface area contributed by atoms with Crippen molar-refractivity contribution in [1.82, 2.24) is 4.98 Å². The summed E-state index contributed by atoms with van der Waals surface area (Å²) in [6, 6.07) is 2.77. The van der Waals surface area contributed by atoms with E-state index >= 15 is 0 Å². The Morgan fingerprint density at radius 3 is 2.89 bits per heavy atom. The first-order chi connectivity index (χ1) is 8.58. The van der Waals surface area contributed by atoms with E-state index in [-0.39, 0.29) is 24.0 Å². The van der Waals surface area contributed by atoms with Crippen molar-refractivity contribution in [3.8, 4) is 0 Å². The molecule has 0 aliphatic carbocycles. The maximum atomic E-state index is 10.8. The van der Waals surface area contributed by atoms with Crippen LogP contribution in [-0.4, -0.2) is 28.2 Å². The minimum absolute atomic E-state index is 0.0861. The zero-order valence-electron chi connectivity index (χ0n) is 10.1. The lowest BCUT2D eigenvalue weighted by molar-refractivity contribution is -0.384. The summed E-state index contributed by atoms with van der Waals surface area (Å²) in [7, 11) is 0. The van der Waals surface area contributed by atoms with Gasteiger partial charge in [-0.15, -0.1) is 0 Å². The van der Waals surface area contributed by atoms with Gasteiger partial charge in [0.2, 0.25) is 5.82 Å². The molecule has 8 heteroatoms. The lowest BCUT2D eigenvalue weighted by Gasteiger charge is -2.12. The van der Waals surface area contributed by atoms with Crippen molar-refractivity contribution < 1.29 is 10.0 Å². The van der Waals surface area contributed by atoms with E-state index in [0.717, 1.165) is 0 Å². The molecule has 0 aromatic carbocycles. The Kier molecular flexibility index (Phi) is 5.28. The first kappa shape index (κ1) is 14.1. The molecule has 0 saturated carbocycles. The Morgan fingerprint density at radius 2 is 2.33 bits per heavy atom. The van der Waals surface area contributed by atoms with Gasteiger partial charge in [-0.1, -0.05) is 6.92 Å². The molecular weight excluding hydrogens is 238 g/mol. The van der Waals surface area contributed by atoms with Crippen LogP contribution in [0, 0.1) is 16.0 Å². The maximum absolute atomic E-state index is 10.8. The second kappa shape index (κ2) is 6.72. The number of nitrogens with two attached hydrogens (primary N) is 1. The standard InChI is InChI=1S/C10H17N5O3/c1-7(4-5-16)6-12-10-8(15(17)18)2-3-9(13-10)14-11/h2-3,7,16H,4-6,11H2,1H3,(H2,12,13,14). The van der Waals surface area contributed by atoms with Gasteiger partial charge < -0.3 is 15.8 Å². The molecule has 1 rings (SSSR count). The number of nitro groups is 1. The van der Waals surface area contributed by atoms with Crippen LogP contribution in [0.4, 0.5) is 17.3 Å². The van der Waals surface area contributed by atoms with Crippen LogP contribution >= 0.6 is 0 Å². The van der Waals surface area contributed by atoms with Crippen molar-refractivity contribution in [3.63, 3.8) is 0 Å². The highest BCUT2D eigenvalue weighted by molar-refractivity contribution is 5.59. The van der Waals surface area contributed by atoms with Crippen LogP contribution in [0.3, 0.4) is 0 Å². The Morgan fingerprint density at radius 1 is 1.61 bits per heavy atom. The molecule has 1 unspecified atom stereocenters. The number of hydrazine groups is 1. The van der Waals surface area contributed by atoms with Gasteiger partial charge in [0.15, 0.2) is 0 Å². The molecular formula is C10H17N5O3. The van der Waals surface area contributed by atoms with Crippen LogP contribution < -0.4 is 16.6 Å². The number of pyridine rings is 1. The van der Waals surface area contributed by atoms with Gasteiger partial charge in [-0.25, -0.2) is 10.8 Å². The van der Waals surface area contributed by atoms with Crippen LogP contribution in [0.25, 0.3) is 0 Å². The SMILES string of the molecule is CC(CCO)CNc1nc(NN)ccc1[N+](=O)[O-]. The number of hydrogen-bond acceptors (Lipinski definition) is 7. The molecule has 0 aliphatic heterocycles. The number of anilines is 2. The van der Waals surface area contributed by atoms with Crippen molar-refractivity contribution >= 4 is 17.3 Å². The monoisotopic (exact) mass is 255 g/mol. The number of aliphatic hydroxyl groups is 1. The first-order valence-corrected chi connectivity index (χ1v) is 5.55. The predicted octanol–water partition coefficient (Wildman–Crippen LogP) is 0.706. The van der Waals surface area contributed by atoms with E-state index < -0.39 is 4.92 Å². The number of aliphatic hydroxyl groups excluding tert-OH is 1. The molecule has 0 saturated heterocycles. The van der Waals surface area contributed by atoms with Gasteiger partial charge in [-0.2, -0.15) is 0 Å². The van der Waals surface area contributed by atoms with Gasteiger partial charge >= 0.3 is 5.69 Å². The fraction of sp³-hybridized carbons (Fsp3) is 0.500. The van der Waals surface area contributed by atoms with Gasteiger partial charge in [-0.3, -0.25) is 10.1 Å². The van der Waals surface area contributed by atoms with E-state index in [1.165, 1.54) is 12.1 Å². The maximum Gasteiger partial charge on any atom is 0.311 e. The molecule has 0 fully saturated rings. The molecule has 1 aromatic rings. The molecule has 1 aromatic heterocycles. The second-order valence-corrected chi connectivity index (χ2v) is 3.96. The molecule has 5 N–H and O–H groups in total. The van der Waals surface area contributed by atoms with Crippen LogP contribution in [-0.2, 0) is 0 Å². The topological polar surface area (TPSA) is 126 Å². The Hall–Kier alpha value is -1.93. The summed E-state index contributed by atoms with van der Waals surface area (Å²) in [4.78, 5) is 14.3. The molecule has 0 bridgehead atoms. The van der Waals surface area contributed by atoms with Crippen molar-refractivity contribution in [1.29, 1.82) is 0 Å². The first-order valence-electron chi connectivity index (χ1n) is 5.55. The lowest BCUT2D eigenvalue weighted by atomic mass is 10.1. The summed E-state index contributed by atoms with van der Waals surface area (Å²) in [5.41, 5.74) is 2.23. The summed E-state index contributed by atoms with van der Waals surface area (Å²) >= 11 is 0. The van der Waals surface area contributed by atoms with Crippen molar-refractivity contribution in [3.05, 3.63) is 22.2 Å². The molecule has 1 heterocycles. The summed E-state index contributed by atoms with van der Waals surface area (Å²) < 4.78 is 0. The average molecular weight is 255 g/mol. The van der Waals surface area contributed by atoms with Crippen LogP contribution in [0.5, 0.6) is 0 Å². The quantitative estimate of drug-likeness (QED) is 0.321. The van der Waals surface area contributed by atoms with Gasteiger partial charge in [0, 0.05) is 19.2 Å². The number of aromatic nitrogens is 1. The van der Waals surface area contributed by atoms with E-state index in [9.17, 15) is 10.1 Å². The Bertz CT molecular complexity index is 412. The fourth-order valence-corrected chi connectivity index (χ4v) is 1.40. The molecule has 0 amide bonds.